The molecule has 9 heteroatoms. The number of nitrogens with one attached hydrogen (secondary N) is 1. The van der Waals surface area contributed by atoms with E-state index in [0.717, 1.165) is 6.26 Å². The highest BCUT2D eigenvalue weighted by molar-refractivity contribution is 7.91. The van der Waals surface area contributed by atoms with E-state index in [0.29, 0.717) is 40.5 Å². The van der Waals surface area contributed by atoms with Gasteiger partial charge in [0.2, 0.25) is 5.91 Å². The molecule has 0 aliphatic rings. The van der Waals surface area contributed by atoms with E-state index in [2.05, 4.69) is 10.3 Å². The van der Waals surface area contributed by atoms with E-state index < -0.39 is 9.84 Å². The summed E-state index contributed by atoms with van der Waals surface area (Å²) >= 11 is 6.11. The zero-order chi connectivity index (χ0) is 20.3. The summed E-state index contributed by atoms with van der Waals surface area (Å²) < 4.78 is 31.4. The molecule has 0 aliphatic heterocycles. The largest absolute Gasteiger partial charge is 0.383 e. The number of anilines is 1. The summed E-state index contributed by atoms with van der Waals surface area (Å²) in [5.74, 6) is -0.296. The van der Waals surface area contributed by atoms with Crippen molar-refractivity contribution in [3.05, 3.63) is 53.3 Å². The molecule has 0 saturated carbocycles. The number of rotatable bonds is 7. The van der Waals surface area contributed by atoms with E-state index >= 15 is 0 Å². The molecule has 0 atom stereocenters. The van der Waals surface area contributed by atoms with Gasteiger partial charge in [-0.25, -0.2) is 13.4 Å². The predicted octanol–water partition coefficient (Wildman–Crippen LogP) is 2.92. The highest BCUT2D eigenvalue weighted by Gasteiger charge is 2.18. The Morgan fingerprint density at radius 2 is 2.04 bits per heavy atom. The maximum Gasteiger partial charge on any atom is 0.228 e. The molecule has 1 amide bonds. The fourth-order valence-corrected chi connectivity index (χ4v) is 3.93. The van der Waals surface area contributed by atoms with E-state index in [4.69, 9.17) is 16.3 Å². The zero-order valence-electron chi connectivity index (χ0n) is 15.5. The van der Waals surface area contributed by atoms with Crippen molar-refractivity contribution in [1.82, 2.24) is 9.55 Å². The Balaban J connectivity index is 1.96. The van der Waals surface area contributed by atoms with Crippen LogP contribution in [0.3, 0.4) is 0 Å². The van der Waals surface area contributed by atoms with Gasteiger partial charge in [-0.15, -0.1) is 0 Å². The van der Waals surface area contributed by atoms with Gasteiger partial charge in [0.15, 0.2) is 9.84 Å². The number of imidazole rings is 1. The minimum atomic E-state index is -3.54. The fraction of sp³-hybridized carbons (Fsp3) is 0.263. The molecule has 3 aromatic rings. The number of halogens is 1. The molecule has 0 fully saturated rings. The molecule has 0 unspecified atom stereocenters. The summed E-state index contributed by atoms with van der Waals surface area (Å²) in [4.78, 5) is 16.8. The number of hydrogen-bond acceptors (Lipinski definition) is 5. The van der Waals surface area contributed by atoms with Crippen LogP contribution in [0.4, 0.5) is 5.69 Å². The lowest BCUT2D eigenvalue weighted by Crippen LogP contribution is -2.15. The Morgan fingerprint density at radius 1 is 1.29 bits per heavy atom. The molecule has 2 aromatic carbocycles. The van der Waals surface area contributed by atoms with Gasteiger partial charge in [-0.3, -0.25) is 4.79 Å². The molecule has 0 spiro atoms. The molecule has 0 aliphatic carbocycles. The second kappa shape index (κ2) is 8.30. The monoisotopic (exact) mass is 421 g/mol. The topological polar surface area (TPSA) is 90.3 Å². The third-order valence-electron chi connectivity index (χ3n) is 4.22. The molecule has 1 heterocycles. The Labute approximate surface area is 168 Å². The summed E-state index contributed by atoms with van der Waals surface area (Å²) in [6.07, 6.45) is 2.76. The Morgan fingerprint density at radius 3 is 2.71 bits per heavy atom. The van der Waals surface area contributed by atoms with Crippen LogP contribution in [0.5, 0.6) is 0 Å². The second-order valence-electron chi connectivity index (χ2n) is 6.36. The van der Waals surface area contributed by atoms with Crippen molar-refractivity contribution in [2.45, 2.75) is 17.9 Å². The smallest absolute Gasteiger partial charge is 0.228 e. The van der Waals surface area contributed by atoms with Crippen LogP contribution in [0.2, 0.25) is 5.02 Å². The van der Waals surface area contributed by atoms with Gasteiger partial charge in [0, 0.05) is 30.6 Å². The third-order valence-corrected chi connectivity index (χ3v) is 5.70. The first-order chi connectivity index (χ1) is 13.3. The molecule has 0 radical (unpaired) electrons. The fourth-order valence-electron chi connectivity index (χ4n) is 2.87. The van der Waals surface area contributed by atoms with Gasteiger partial charge in [-0.1, -0.05) is 29.8 Å². The average molecular weight is 422 g/mol. The quantitative estimate of drug-likeness (QED) is 0.633. The van der Waals surface area contributed by atoms with Crippen LogP contribution in [0.15, 0.2) is 47.6 Å². The lowest BCUT2D eigenvalue weighted by Gasteiger charge is -2.10. The van der Waals surface area contributed by atoms with Crippen LogP contribution in [0.1, 0.15) is 5.56 Å². The van der Waals surface area contributed by atoms with E-state index in [1.165, 1.54) is 6.07 Å². The first kappa shape index (κ1) is 20.3. The van der Waals surface area contributed by atoms with Gasteiger partial charge < -0.3 is 14.6 Å². The maximum atomic E-state index is 12.5. The normalized spacial score (nSPS) is 11.7. The van der Waals surface area contributed by atoms with Crippen LogP contribution in [0.25, 0.3) is 11.0 Å². The third kappa shape index (κ3) is 4.52. The molecule has 148 valence electrons. The first-order valence-electron chi connectivity index (χ1n) is 8.50. The van der Waals surface area contributed by atoms with E-state index in [-0.39, 0.29) is 17.2 Å². The number of methoxy groups -OCH3 is 1. The predicted molar refractivity (Wildman–Crippen MR) is 109 cm³/mol. The highest BCUT2D eigenvalue weighted by Crippen LogP contribution is 2.27. The second-order valence-corrected chi connectivity index (χ2v) is 8.75. The molecule has 1 aromatic heterocycles. The number of fused-ring (bicyclic) bond motifs is 1. The number of sulfone groups is 1. The number of aromatic nitrogens is 2. The summed E-state index contributed by atoms with van der Waals surface area (Å²) in [7, 11) is -1.96. The minimum absolute atomic E-state index is 0.0641. The van der Waals surface area contributed by atoms with E-state index in [9.17, 15) is 13.2 Å². The number of carbonyl (C=O) groups is 1. The Hall–Kier alpha value is -2.42. The van der Waals surface area contributed by atoms with E-state index in [1.54, 1.807) is 48.3 Å². The molecule has 7 nitrogen and oxygen atoms in total. The summed E-state index contributed by atoms with van der Waals surface area (Å²) in [5, 5.41) is 3.26. The molecule has 0 bridgehead atoms. The summed E-state index contributed by atoms with van der Waals surface area (Å²) in [5.41, 5.74) is 2.04. The van der Waals surface area contributed by atoms with E-state index in [1.807, 2.05) is 0 Å². The van der Waals surface area contributed by atoms with Gasteiger partial charge in [-0.05, 0) is 23.8 Å². The Kier molecular flexibility index (Phi) is 6.02. The van der Waals surface area contributed by atoms with Crippen molar-refractivity contribution in [2.24, 2.45) is 0 Å². The van der Waals surface area contributed by atoms with Crippen molar-refractivity contribution >= 4 is 44.1 Å². The molecule has 0 saturated heterocycles. The highest BCUT2D eigenvalue weighted by atomic mass is 35.5. The van der Waals surface area contributed by atoms with Crippen LogP contribution in [0, 0.1) is 0 Å². The number of carbonyl (C=O) groups excluding carboxylic acids is 1. The maximum absolute atomic E-state index is 12.5. The molecular formula is C19H20ClN3O4S. The number of ether oxygens (including phenoxy) is 1. The van der Waals surface area contributed by atoms with Crippen molar-refractivity contribution in [3.63, 3.8) is 0 Å². The van der Waals surface area contributed by atoms with Crippen molar-refractivity contribution in [3.8, 4) is 0 Å². The van der Waals surface area contributed by atoms with Crippen LogP contribution in [-0.2, 0) is 32.3 Å². The van der Waals surface area contributed by atoms with Crippen LogP contribution >= 0.6 is 11.6 Å². The van der Waals surface area contributed by atoms with Crippen molar-refractivity contribution in [2.75, 3.05) is 25.3 Å². The molecular weight excluding hydrogens is 402 g/mol. The molecule has 3 rings (SSSR count). The standard InChI is InChI=1S/C19H20ClN3O4S/c1-27-8-7-23-12-21-19-16(23)10-14(11-17(19)28(2,25)26)22-18(24)9-13-5-3-4-6-15(13)20/h3-6,10-12H,7-9H2,1-2H3,(H,22,24). The lowest BCUT2D eigenvalue weighted by atomic mass is 10.1. The SMILES string of the molecule is COCCn1cnc2c(S(C)(=O)=O)cc(NC(=O)Cc3ccccc3Cl)cc21. The minimum Gasteiger partial charge on any atom is -0.383 e. The van der Waals surface area contributed by atoms with Gasteiger partial charge in [0.05, 0.1) is 29.8 Å². The number of benzene rings is 2. The van der Waals surface area contributed by atoms with Crippen molar-refractivity contribution in [1.29, 1.82) is 0 Å². The average Bonchev–Trinajstić information content (AvgIpc) is 3.03. The van der Waals surface area contributed by atoms with Crippen LogP contribution in [-0.4, -0.2) is 43.8 Å². The number of hydrogen-bond donors (Lipinski definition) is 1. The molecule has 28 heavy (non-hydrogen) atoms. The number of amides is 1. The van der Waals surface area contributed by atoms with Gasteiger partial charge in [-0.2, -0.15) is 0 Å². The zero-order valence-corrected chi connectivity index (χ0v) is 17.0. The van der Waals surface area contributed by atoms with Gasteiger partial charge >= 0.3 is 0 Å². The summed E-state index contributed by atoms with van der Waals surface area (Å²) in [6, 6.07) is 10.2. The van der Waals surface area contributed by atoms with Crippen LogP contribution < -0.4 is 5.32 Å². The van der Waals surface area contributed by atoms with Gasteiger partial charge in [0.1, 0.15) is 5.52 Å². The first-order valence-corrected chi connectivity index (χ1v) is 10.8. The summed E-state index contributed by atoms with van der Waals surface area (Å²) in [6.45, 7) is 0.954. The Bertz CT molecular complexity index is 1130. The number of nitrogens with zero attached hydrogens (tertiary/aromatic N) is 2. The lowest BCUT2D eigenvalue weighted by molar-refractivity contribution is -0.115. The van der Waals surface area contributed by atoms with Gasteiger partial charge in [0.25, 0.3) is 0 Å². The van der Waals surface area contributed by atoms with Crippen molar-refractivity contribution < 1.29 is 17.9 Å². The molecule has 1 N–H and O–H groups in total.